The highest BCUT2D eigenvalue weighted by Crippen LogP contribution is 2.16. The molecule has 2 amide bonds. The highest BCUT2D eigenvalue weighted by Gasteiger charge is 2.12. The van der Waals surface area contributed by atoms with Gasteiger partial charge in [-0.15, -0.1) is 0 Å². The van der Waals surface area contributed by atoms with Crippen LogP contribution in [0, 0.1) is 0 Å². The van der Waals surface area contributed by atoms with Crippen LogP contribution in [0.3, 0.4) is 0 Å². The van der Waals surface area contributed by atoms with E-state index in [2.05, 4.69) is 17.6 Å². The monoisotopic (exact) mass is 296 g/mol. The number of amides is 2. The third-order valence-electron chi connectivity index (χ3n) is 2.97. The molecule has 1 unspecified atom stereocenters. The van der Waals surface area contributed by atoms with Crippen LogP contribution < -0.4 is 10.6 Å². The van der Waals surface area contributed by atoms with Crippen molar-refractivity contribution in [3.63, 3.8) is 0 Å². The number of aryl methyl sites for hydroxylation is 1. The number of anilines is 1. The first-order valence-electron chi connectivity index (χ1n) is 6.96. The van der Waals surface area contributed by atoms with Crippen molar-refractivity contribution in [2.24, 2.45) is 0 Å². The number of urea groups is 1. The summed E-state index contributed by atoms with van der Waals surface area (Å²) >= 11 is 1.66. The van der Waals surface area contributed by atoms with E-state index >= 15 is 0 Å². The van der Waals surface area contributed by atoms with Crippen LogP contribution in [0.1, 0.15) is 25.3 Å². The van der Waals surface area contributed by atoms with Crippen molar-refractivity contribution in [1.82, 2.24) is 5.32 Å². The van der Waals surface area contributed by atoms with Crippen LogP contribution in [0.25, 0.3) is 0 Å². The van der Waals surface area contributed by atoms with Crippen LogP contribution in [-0.4, -0.2) is 35.8 Å². The summed E-state index contributed by atoms with van der Waals surface area (Å²) in [6.45, 7) is 2.20. The predicted octanol–water partition coefficient (Wildman–Crippen LogP) is 2.87. The Bertz CT molecular complexity index is 407. The van der Waals surface area contributed by atoms with E-state index in [0.29, 0.717) is 6.42 Å². The SMILES string of the molecule is CCCc1ccccc1NC(=O)NC(CCO)CSC. The van der Waals surface area contributed by atoms with Crippen LogP contribution >= 0.6 is 11.8 Å². The zero-order valence-corrected chi connectivity index (χ0v) is 13.0. The van der Waals surface area contributed by atoms with Gasteiger partial charge in [-0.2, -0.15) is 11.8 Å². The maximum absolute atomic E-state index is 12.0. The van der Waals surface area contributed by atoms with Gasteiger partial charge in [0.25, 0.3) is 0 Å². The Balaban J connectivity index is 2.60. The highest BCUT2D eigenvalue weighted by molar-refractivity contribution is 7.98. The zero-order chi connectivity index (χ0) is 14.8. The summed E-state index contributed by atoms with van der Waals surface area (Å²) in [5, 5.41) is 14.8. The van der Waals surface area contributed by atoms with E-state index in [-0.39, 0.29) is 18.7 Å². The Morgan fingerprint density at radius 1 is 1.40 bits per heavy atom. The van der Waals surface area contributed by atoms with Crippen LogP contribution in [-0.2, 0) is 6.42 Å². The summed E-state index contributed by atoms with van der Waals surface area (Å²) in [7, 11) is 0. The predicted molar refractivity (Wildman–Crippen MR) is 86.5 cm³/mol. The number of carbonyl (C=O) groups excluding carboxylic acids is 1. The van der Waals surface area contributed by atoms with Crippen molar-refractivity contribution >= 4 is 23.5 Å². The lowest BCUT2D eigenvalue weighted by Crippen LogP contribution is -2.40. The Labute approximate surface area is 125 Å². The molecule has 1 atom stereocenters. The van der Waals surface area contributed by atoms with Gasteiger partial charge in [-0.3, -0.25) is 0 Å². The van der Waals surface area contributed by atoms with Gasteiger partial charge >= 0.3 is 6.03 Å². The smallest absolute Gasteiger partial charge is 0.319 e. The molecule has 0 radical (unpaired) electrons. The number of para-hydroxylation sites is 1. The number of carbonyl (C=O) groups is 1. The van der Waals surface area contributed by atoms with Crippen molar-refractivity contribution in [1.29, 1.82) is 0 Å². The number of nitrogens with one attached hydrogen (secondary N) is 2. The molecule has 4 nitrogen and oxygen atoms in total. The summed E-state index contributed by atoms with van der Waals surface area (Å²) in [5.41, 5.74) is 2.01. The Hall–Kier alpha value is -1.20. The van der Waals surface area contributed by atoms with Gasteiger partial charge < -0.3 is 15.7 Å². The van der Waals surface area contributed by atoms with Gasteiger partial charge in [0.2, 0.25) is 0 Å². The number of thioether (sulfide) groups is 1. The molecule has 0 aliphatic heterocycles. The second-order valence-corrected chi connectivity index (χ2v) is 5.58. The third-order valence-corrected chi connectivity index (χ3v) is 3.70. The van der Waals surface area contributed by atoms with E-state index in [0.717, 1.165) is 29.8 Å². The Morgan fingerprint density at radius 2 is 2.15 bits per heavy atom. The molecule has 5 heteroatoms. The molecule has 0 saturated carbocycles. The first-order valence-corrected chi connectivity index (χ1v) is 8.35. The average Bonchev–Trinajstić information content (AvgIpc) is 2.42. The molecule has 3 N–H and O–H groups in total. The minimum Gasteiger partial charge on any atom is -0.396 e. The van der Waals surface area contributed by atoms with Crippen LogP contribution in [0.4, 0.5) is 10.5 Å². The minimum atomic E-state index is -0.207. The number of aliphatic hydroxyl groups is 1. The van der Waals surface area contributed by atoms with E-state index in [4.69, 9.17) is 5.11 Å². The van der Waals surface area contributed by atoms with E-state index < -0.39 is 0 Å². The van der Waals surface area contributed by atoms with E-state index in [1.54, 1.807) is 11.8 Å². The molecule has 0 aliphatic carbocycles. The second kappa shape index (κ2) is 9.66. The molecule has 1 rings (SSSR count). The maximum atomic E-state index is 12.0. The third kappa shape index (κ3) is 5.84. The Morgan fingerprint density at radius 3 is 2.80 bits per heavy atom. The average molecular weight is 296 g/mol. The van der Waals surface area contributed by atoms with Gasteiger partial charge in [-0.05, 0) is 30.7 Å². The van der Waals surface area contributed by atoms with Gasteiger partial charge in [0.15, 0.2) is 0 Å². The van der Waals surface area contributed by atoms with Crippen LogP contribution in [0.2, 0.25) is 0 Å². The minimum absolute atomic E-state index is 0.00617. The zero-order valence-electron chi connectivity index (χ0n) is 12.2. The summed E-state index contributed by atoms with van der Waals surface area (Å²) in [6, 6.07) is 7.64. The van der Waals surface area contributed by atoms with Crippen molar-refractivity contribution < 1.29 is 9.90 Å². The van der Waals surface area contributed by atoms with Gasteiger partial charge in [0.1, 0.15) is 0 Å². The first kappa shape index (κ1) is 16.9. The summed E-state index contributed by atoms with van der Waals surface area (Å²) in [4.78, 5) is 12.0. The molecule has 0 aliphatic rings. The molecular formula is C15H24N2O2S. The van der Waals surface area contributed by atoms with E-state index in [9.17, 15) is 4.79 Å². The highest BCUT2D eigenvalue weighted by atomic mass is 32.2. The van der Waals surface area contributed by atoms with Crippen molar-refractivity contribution in [2.45, 2.75) is 32.2 Å². The van der Waals surface area contributed by atoms with Gasteiger partial charge in [-0.25, -0.2) is 4.79 Å². The molecule has 0 heterocycles. The largest absolute Gasteiger partial charge is 0.396 e. The molecule has 0 aromatic heterocycles. The fraction of sp³-hybridized carbons (Fsp3) is 0.533. The molecule has 0 fully saturated rings. The van der Waals surface area contributed by atoms with Crippen molar-refractivity contribution in [2.75, 3.05) is 23.9 Å². The fourth-order valence-electron chi connectivity index (χ4n) is 2.03. The number of benzene rings is 1. The maximum Gasteiger partial charge on any atom is 0.319 e. The lowest BCUT2D eigenvalue weighted by atomic mass is 10.1. The van der Waals surface area contributed by atoms with Crippen molar-refractivity contribution in [3.05, 3.63) is 29.8 Å². The van der Waals surface area contributed by atoms with Gasteiger partial charge in [0.05, 0.1) is 0 Å². The molecule has 20 heavy (non-hydrogen) atoms. The van der Waals surface area contributed by atoms with Gasteiger partial charge in [0, 0.05) is 24.1 Å². The molecule has 0 spiro atoms. The normalized spacial score (nSPS) is 11.9. The molecule has 1 aromatic carbocycles. The van der Waals surface area contributed by atoms with E-state index in [1.807, 2.05) is 30.5 Å². The molecular weight excluding hydrogens is 272 g/mol. The summed E-state index contributed by atoms with van der Waals surface area (Å²) < 4.78 is 0. The molecule has 0 bridgehead atoms. The number of rotatable bonds is 8. The lowest BCUT2D eigenvalue weighted by molar-refractivity contribution is 0.241. The first-order chi connectivity index (χ1) is 9.71. The molecule has 112 valence electrons. The number of hydrogen-bond donors (Lipinski definition) is 3. The fourth-order valence-corrected chi connectivity index (χ4v) is 2.68. The summed E-state index contributed by atoms with van der Waals surface area (Å²) in [5.74, 6) is 0.796. The Kier molecular flexibility index (Phi) is 8.14. The standard InChI is InChI=1S/C15H24N2O2S/c1-3-6-12-7-4-5-8-14(12)17-15(19)16-13(9-10-18)11-20-2/h4-5,7-8,13,18H,3,6,9-11H2,1-2H3,(H2,16,17,19). The summed E-state index contributed by atoms with van der Waals surface area (Å²) in [6.07, 6.45) is 4.55. The van der Waals surface area contributed by atoms with Crippen molar-refractivity contribution in [3.8, 4) is 0 Å². The quantitative estimate of drug-likeness (QED) is 0.691. The number of hydrogen-bond acceptors (Lipinski definition) is 3. The van der Waals surface area contributed by atoms with Gasteiger partial charge in [-0.1, -0.05) is 31.5 Å². The lowest BCUT2D eigenvalue weighted by Gasteiger charge is -2.18. The van der Waals surface area contributed by atoms with Crippen LogP contribution in [0.15, 0.2) is 24.3 Å². The molecule has 1 aromatic rings. The number of aliphatic hydroxyl groups excluding tert-OH is 1. The molecule has 0 saturated heterocycles. The van der Waals surface area contributed by atoms with Crippen LogP contribution in [0.5, 0.6) is 0 Å². The second-order valence-electron chi connectivity index (χ2n) is 4.67. The topological polar surface area (TPSA) is 61.4 Å². The van der Waals surface area contributed by atoms with E-state index in [1.165, 1.54) is 0 Å².